The lowest BCUT2D eigenvalue weighted by molar-refractivity contribution is 0.249. The maximum absolute atomic E-state index is 7.54. The van der Waals surface area contributed by atoms with Gasteiger partial charge in [-0.1, -0.05) is 32.4 Å². The minimum atomic E-state index is 0.0619. The van der Waals surface area contributed by atoms with Gasteiger partial charge in [0.15, 0.2) is 0 Å². The number of para-hydroxylation sites is 1. The maximum Gasteiger partial charge on any atom is 0.133 e. The molecule has 3 N–H and O–H groups in total. The molecule has 0 saturated heterocycles. The van der Waals surface area contributed by atoms with E-state index in [0.717, 1.165) is 24.2 Å². The summed E-state index contributed by atoms with van der Waals surface area (Å²) in [5, 5.41) is 7.54. The lowest BCUT2D eigenvalue weighted by Crippen LogP contribution is -2.16. The fourth-order valence-electron chi connectivity index (χ4n) is 1.86. The second-order valence-electron chi connectivity index (χ2n) is 4.57. The van der Waals surface area contributed by atoms with Crippen LogP contribution in [0.25, 0.3) is 0 Å². The lowest BCUT2D eigenvalue weighted by Gasteiger charge is -2.16. The van der Waals surface area contributed by atoms with Gasteiger partial charge in [0.2, 0.25) is 0 Å². The van der Waals surface area contributed by atoms with E-state index in [4.69, 9.17) is 15.9 Å². The summed E-state index contributed by atoms with van der Waals surface area (Å²) in [6.07, 6.45) is 2.32. The van der Waals surface area contributed by atoms with E-state index in [-0.39, 0.29) is 5.84 Å². The Bertz CT molecular complexity index is 388. The number of rotatable bonds is 6. The summed E-state index contributed by atoms with van der Waals surface area (Å²) in [5.74, 6) is 1.34. The molecule has 1 unspecified atom stereocenters. The van der Waals surface area contributed by atoms with Gasteiger partial charge in [-0.15, -0.1) is 0 Å². The van der Waals surface area contributed by atoms with Gasteiger partial charge in [0.05, 0.1) is 12.2 Å². The minimum absolute atomic E-state index is 0.0619. The van der Waals surface area contributed by atoms with Crippen molar-refractivity contribution < 1.29 is 4.74 Å². The smallest absolute Gasteiger partial charge is 0.133 e. The molecule has 1 atom stereocenters. The number of nitrogen functional groups attached to an aromatic ring is 1. The van der Waals surface area contributed by atoms with Crippen LogP contribution in [-0.4, -0.2) is 12.4 Å². The average Bonchev–Trinajstić information content (AvgIpc) is 2.27. The van der Waals surface area contributed by atoms with Gasteiger partial charge in [-0.3, -0.25) is 5.41 Å². The number of hydrogen-bond donors (Lipinski definition) is 2. The second-order valence-corrected chi connectivity index (χ2v) is 4.57. The van der Waals surface area contributed by atoms with Crippen molar-refractivity contribution in [3.8, 4) is 5.75 Å². The van der Waals surface area contributed by atoms with Crippen molar-refractivity contribution in [2.45, 2.75) is 33.6 Å². The summed E-state index contributed by atoms with van der Waals surface area (Å²) >= 11 is 0. The van der Waals surface area contributed by atoms with Crippen LogP contribution in [0.3, 0.4) is 0 Å². The van der Waals surface area contributed by atoms with E-state index in [1.807, 2.05) is 25.1 Å². The summed E-state index contributed by atoms with van der Waals surface area (Å²) < 4.78 is 5.82. The molecule has 3 nitrogen and oxygen atoms in total. The van der Waals surface area contributed by atoms with E-state index in [1.165, 1.54) is 0 Å². The van der Waals surface area contributed by atoms with E-state index in [2.05, 4.69) is 13.8 Å². The van der Waals surface area contributed by atoms with E-state index in [9.17, 15) is 0 Å². The van der Waals surface area contributed by atoms with Gasteiger partial charge in [-0.25, -0.2) is 0 Å². The monoisotopic (exact) mass is 234 g/mol. The van der Waals surface area contributed by atoms with E-state index in [0.29, 0.717) is 18.1 Å². The predicted octanol–water partition coefficient (Wildman–Crippen LogP) is 3.09. The Morgan fingerprint density at radius 3 is 2.76 bits per heavy atom. The quantitative estimate of drug-likeness (QED) is 0.587. The first-order chi connectivity index (χ1) is 8.06. The lowest BCUT2D eigenvalue weighted by atomic mass is 10.1. The van der Waals surface area contributed by atoms with E-state index < -0.39 is 0 Å². The molecule has 1 aromatic rings. The zero-order valence-electron chi connectivity index (χ0n) is 10.9. The van der Waals surface area contributed by atoms with Crippen molar-refractivity contribution in [1.82, 2.24) is 0 Å². The Balaban J connectivity index is 2.79. The molecule has 17 heavy (non-hydrogen) atoms. The van der Waals surface area contributed by atoms with Crippen LogP contribution in [0.1, 0.15) is 37.8 Å². The zero-order chi connectivity index (χ0) is 12.8. The van der Waals surface area contributed by atoms with Crippen LogP contribution >= 0.6 is 0 Å². The van der Waals surface area contributed by atoms with Gasteiger partial charge in [-0.05, 0) is 30.9 Å². The van der Waals surface area contributed by atoms with E-state index in [1.54, 1.807) is 0 Å². The van der Waals surface area contributed by atoms with Crippen molar-refractivity contribution in [1.29, 1.82) is 5.41 Å². The maximum atomic E-state index is 7.54. The van der Waals surface area contributed by atoms with Crippen LogP contribution in [0, 0.1) is 18.3 Å². The highest BCUT2D eigenvalue weighted by atomic mass is 16.5. The van der Waals surface area contributed by atoms with Crippen LogP contribution in [-0.2, 0) is 0 Å². The number of amidine groups is 1. The highest BCUT2D eigenvalue weighted by Gasteiger charge is 2.10. The van der Waals surface area contributed by atoms with Gasteiger partial charge in [0.1, 0.15) is 11.6 Å². The molecule has 0 aliphatic rings. The molecule has 94 valence electrons. The second kappa shape index (κ2) is 6.28. The molecule has 0 radical (unpaired) electrons. The zero-order valence-corrected chi connectivity index (χ0v) is 10.9. The molecular formula is C14H22N2O. The number of nitrogens with one attached hydrogen (secondary N) is 1. The molecule has 3 heteroatoms. The van der Waals surface area contributed by atoms with Crippen LogP contribution in [0.4, 0.5) is 0 Å². The number of benzene rings is 1. The Morgan fingerprint density at radius 2 is 2.18 bits per heavy atom. The molecule has 0 spiro atoms. The number of nitrogens with two attached hydrogens (primary N) is 1. The number of ether oxygens (including phenoxy) is 1. The van der Waals surface area contributed by atoms with Crippen LogP contribution < -0.4 is 10.5 Å². The first kappa shape index (κ1) is 13.6. The molecule has 0 amide bonds. The van der Waals surface area contributed by atoms with Crippen LogP contribution in [0.5, 0.6) is 5.75 Å². The molecule has 1 aromatic carbocycles. The highest BCUT2D eigenvalue weighted by molar-refractivity contribution is 5.98. The standard InChI is InChI=1S/C14H22N2O/c1-4-6-10(2)9-17-13-11(3)7-5-8-12(13)14(15)16/h5,7-8,10H,4,6,9H2,1-3H3,(H3,15,16). The minimum Gasteiger partial charge on any atom is -0.492 e. The molecule has 0 aliphatic carbocycles. The SMILES string of the molecule is CCCC(C)COc1c(C)cccc1C(=N)N. The molecular weight excluding hydrogens is 212 g/mol. The Hall–Kier alpha value is -1.51. The fraction of sp³-hybridized carbons (Fsp3) is 0.500. The summed E-state index contributed by atoms with van der Waals surface area (Å²) in [6, 6.07) is 5.70. The first-order valence-corrected chi connectivity index (χ1v) is 6.13. The van der Waals surface area contributed by atoms with Crippen molar-refractivity contribution in [3.63, 3.8) is 0 Å². The fourth-order valence-corrected chi connectivity index (χ4v) is 1.86. The molecule has 0 aliphatic heterocycles. The molecule has 1 rings (SSSR count). The Labute approximate surface area is 103 Å². The van der Waals surface area contributed by atoms with Crippen molar-refractivity contribution in [2.75, 3.05) is 6.61 Å². The van der Waals surface area contributed by atoms with Gasteiger partial charge >= 0.3 is 0 Å². The van der Waals surface area contributed by atoms with Crippen LogP contribution in [0.15, 0.2) is 18.2 Å². The largest absolute Gasteiger partial charge is 0.492 e. The Kier molecular flexibility index (Phi) is 5.01. The number of hydrogen-bond acceptors (Lipinski definition) is 2. The summed E-state index contributed by atoms with van der Waals surface area (Å²) in [7, 11) is 0. The topological polar surface area (TPSA) is 59.1 Å². The third kappa shape index (κ3) is 3.77. The van der Waals surface area contributed by atoms with Gasteiger partial charge in [-0.2, -0.15) is 0 Å². The molecule has 0 saturated carbocycles. The first-order valence-electron chi connectivity index (χ1n) is 6.13. The predicted molar refractivity (Wildman–Crippen MR) is 71.8 cm³/mol. The normalized spacial score (nSPS) is 12.2. The van der Waals surface area contributed by atoms with Crippen molar-refractivity contribution >= 4 is 5.84 Å². The Morgan fingerprint density at radius 1 is 1.47 bits per heavy atom. The van der Waals surface area contributed by atoms with E-state index >= 15 is 0 Å². The molecule has 0 heterocycles. The van der Waals surface area contributed by atoms with Gasteiger partial charge in [0, 0.05) is 0 Å². The molecule has 0 fully saturated rings. The van der Waals surface area contributed by atoms with Crippen molar-refractivity contribution in [2.24, 2.45) is 11.7 Å². The summed E-state index contributed by atoms with van der Waals surface area (Å²) in [4.78, 5) is 0. The van der Waals surface area contributed by atoms with Crippen LogP contribution in [0.2, 0.25) is 0 Å². The van der Waals surface area contributed by atoms with Crippen molar-refractivity contribution in [3.05, 3.63) is 29.3 Å². The third-order valence-electron chi connectivity index (χ3n) is 2.80. The highest BCUT2D eigenvalue weighted by Crippen LogP contribution is 2.24. The summed E-state index contributed by atoms with van der Waals surface area (Å²) in [6.45, 7) is 7.01. The van der Waals surface area contributed by atoms with Gasteiger partial charge < -0.3 is 10.5 Å². The molecule has 0 aromatic heterocycles. The summed E-state index contributed by atoms with van der Waals surface area (Å²) in [5.41, 5.74) is 7.27. The third-order valence-corrected chi connectivity index (χ3v) is 2.80. The molecule has 0 bridgehead atoms. The van der Waals surface area contributed by atoms with Gasteiger partial charge in [0.25, 0.3) is 0 Å². The number of aryl methyl sites for hydroxylation is 1. The average molecular weight is 234 g/mol.